The number of imidazole rings is 1. The maximum Gasteiger partial charge on any atom is 0.416 e. The first-order chi connectivity index (χ1) is 16.5. The smallest absolute Gasteiger partial charge is 0.382 e. The molecular formula is C22H24F5N5O3. The molecule has 0 saturated heterocycles. The van der Waals surface area contributed by atoms with Gasteiger partial charge in [-0.2, -0.15) is 13.2 Å². The maximum atomic E-state index is 13.5. The third kappa shape index (κ3) is 6.28. The maximum absolute atomic E-state index is 13.5. The number of nitrogens with one attached hydrogen (secondary N) is 1. The van der Waals surface area contributed by atoms with Crippen LogP contribution in [0.3, 0.4) is 0 Å². The topological polar surface area (TPSA) is 91.2 Å². The number of benzene rings is 1. The van der Waals surface area contributed by atoms with Crippen molar-refractivity contribution in [2.45, 2.75) is 45.1 Å². The zero-order valence-corrected chi connectivity index (χ0v) is 19.1. The largest absolute Gasteiger partial charge is 0.416 e. The Balaban J connectivity index is 2.15. The summed E-state index contributed by atoms with van der Waals surface area (Å²) >= 11 is 0. The van der Waals surface area contributed by atoms with Crippen molar-refractivity contribution in [2.75, 3.05) is 20.3 Å². The van der Waals surface area contributed by atoms with E-state index in [-0.39, 0.29) is 35.8 Å². The number of fused-ring (bicyclic) bond motifs is 1. The number of halogens is 5. The normalized spacial score (nSPS) is 13.9. The molecule has 2 unspecified atom stereocenters. The number of rotatable bonds is 10. The predicted octanol–water partition coefficient (Wildman–Crippen LogP) is 3.94. The van der Waals surface area contributed by atoms with Crippen molar-refractivity contribution in [3.05, 3.63) is 53.4 Å². The number of carbonyl (C=O) groups excluding carboxylic acids is 1. The summed E-state index contributed by atoms with van der Waals surface area (Å²) in [7, 11) is 1.38. The van der Waals surface area contributed by atoms with E-state index in [2.05, 4.69) is 20.3 Å². The van der Waals surface area contributed by atoms with Crippen LogP contribution in [0.15, 0.2) is 30.6 Å². The van der Waals surface area contributed by atoms with Gasteiger partial charge < -0.3 is 19.4 Å². The van der Waals surface area contributed by atoms with E-state index in [0.29, 0.717) is 5.69 Å². The van der Waals surface area contributed by atoms with Gasteiger partial charge in [-0.25, -0.2) is 18.7 Å². The van der Waals surface area contributed by atoms with E-state index in [9.17, 15) is 26.7 Å². The average molecular weight is 501 g/mol. The Kier molecular flexibility index (Phi) is 8.33. The molecule has 1 amide bonds. The van der Waals surface area contributed by atoms with Crippen LogP contribution in [0.2, 0.25) is 0 Å². The third-order valence-corrected chi connectivity index (χ3v) is 5.09. The molecule has 35 heavy (non-hydrogen) atoms. The minimum absolute atomic E-state index is 0.0516. The van der Waals surface area contributed by atoms with E-state index in [4.69, 9.17) is 9.47 Å². The van der Waals surface area contributed by atoms with Gasteiger partial charge in [0.15, 0.2) is 0 Å². The van der Waals surface area contributed by atoms with E-state index in [1.807, 2.05) is 0 Å². The van der Waals surface area contributed by atoms with Crippen molar-refractivity contribution in [2.24, 2.45) is 0 Å². The zero-order chi connectivity index (χ0) is 25.8. The van der Waals surface area contributed by atoms with Crippen molar-refractivity contribution in [3.63, 3.8) is 0 Å². The summed E-state index contributed by atoms with van der Waals surface area (Å²) in [4.78, 5) is 25.3. The molecule has 2 aromatic heterocycles. The number of alkyl halides is 5. The van der Waals surface area contributed by atoms with Crippen LogP contribution in [-0.2, 0) is 22.2 Å². The quantitative estimate of drug-likeness (QED) is 0.423. The summed E-state index contributed by atoms with van der Waals surface area (Å²) in [6.07, 6.45) is -5.87. The van der Waals surface area contributed by atoms with Gasteiger partial charge in [0.25, 0.3) is 12.3 Å². The van der Waals surface area contributed by atoms with Gasteiger partial charge in [-0.15, -0.1) is 0 Å². The summed E-state index contributed by atoms with van der Waals surface area (Å²) in [5, 5.41) is 2.66. The van der Waals surface area contributed by atoms with E-state index in [1.165, 1.54) is 19.5 Å². The Morgan fingerprint density at radius 2 is 1.94 bits per heavy atom. The molecule has 3 rings (SSSR count). The first kappa shape index (κ1) is 26.4. The van der Waals surface area contributed by atoms with Gasteiger partial charge in [0.05, 0.1) is 41.6 Å². The van der Waals surface area contributed by atoms with E-state index < -0.39 is 42.8 Å². The lowest BCUT2D eigenvalue weighted by Gasteiger charge is -2.27. The van der Waals surface area contributed by atoms with Gasteiger partial charge in [-0.05, 0) is 32.0 Å². The number of amides is 1. The number of nitrogens with zero attached hydrogens (tertiary/aromatic N) is 4. The molecule has 2 heterocycles. The number of hydrogen-bond acceptors (Lipinski definition) is 6. The van der Waals surface area contributed by atoms with Gasteiger partial charge in [0, 0.05) is 19.9 Å². The van der Waals surface area contributed by atoms with Gasteiger partial charge in [-0.1, -0.05) is 0 Å². The first-order valence-electron chi connectivity index (χ1n) is 10.6. The molecule has 13 heteroatoms. The SMILES string of the molecule is CCOC(COC)C(NC(=O)c1cnc(C)cn1)c1nc2ccc(C(F)(F)F)cc2n1CC(F)F. The second kappa shape index (κ2) is 11.0. The molecule has 2 atom stereocenters. The highest BCUT2D eigenvalue weighted by atomic mass is 19.4. The van der Waals surface area contributed by atoms with Crippen molar-refractivity contribution < 1.29 is 36.2 Å². The van der Waals surface area contributed by atoms with Gasteiger partial charge in [0.1, 0.15) is 23.7 Å². The van der Waals surface area contributed by atoms with Crippen LogP contribution in [0, 0.1) is 6.92 Å². The minimum atomic E-state index is -4.68. The van der Waals surface area contributed by atoms with E-state index >= 15 is 0 Å². The van der Waals surface area contributed by atoms with Gasteiger partial charge >= 0.3 is 6.18 Å². The third-order valence-electron chi connectivity index (χ3n) is 5.09. The lowest BCUT2D eigenvalue weighted by atomic mass is 10.1. The minimum Gasteiger partial charge on any atom is -0.382 e. The van der Waals surface area contributed by atoms with E-state index in [1.54, 1.807) is 13.8 Å². The summed E-state index contributed by atoms with van der Waals surface area (Å²) in [6.45, 7) is 2.53. The molecule has 1 N–H and O–H groups in total. The van der Waals surface area contributed by atoms with Crippen molar-refractivity contribution in [3.8, 4) is 0 Å². The summed E-state index contributed by atoms with van der Waals surface area (Å²) in [5.41, 5.74) is -0.596. The molecule has 0 fully saturated rings. The molecule has 0 saturated carbocycles. The molecule has 1 aromatic carbocycles. The number of hydrogen-bond donors (Lipinski definition) is 1. The highest BCUT2D eigenvalue weighted by Crippen LogP contribution is 2.33. The molecule has 3 aromatic rings. The molecule has 0 aliphatic heterocycles. The summed E-state index contributed by atoms with van der Waals surface area (Å²) < 4.78 is 78.8. The van der Waals surface area contributed by atoms with Crippen LogP contribution in [0.1, 0.15) is 40.5 Å². The number of carbonyl (C=O) groups is 1. The molecule has 0 aliphatic carbocycles. The lowest BCUT2D eigenvalue weighted by Crippen LogP contribution is -2.42. The fourth-order valence-electron chi connectivity index (χ4n) is 3.55. The number of methoxy groups -OCH3 is 1. The molecule has 0 aliphatic rings. The Hall–Kier alpha value is -3.19. The number of aryl methyl sites for hydroxylation is 1. The lowest BCUT2D eigenvalue weighted by molar-refractivity contribution is -0.137. The molecule has 0 radical (unpaired) electrons. The highest BCUT2D eigenvalue weighted by molar-refractivity contribution is 5.92. The first-order valence-corrected chi connectivity index (χ1v) is 10.6. The van der Waals surface area contributed by atoms with Crippen molar-refractivity contribution >= 4 is 16.9 Å². The molecule has 0 spiro atoms. The van der Waals surface area contributed by atoms with Gasteiger partial charge in [0.2, 0.25) is 0 Å². The van der Waals surface area contributed by atoms with Crippen molar-refractivity contribution in [1.29, 1.82) is 0 Å². The second-order valence-electron chi connectivity index (χ2n) is 7.62. The Labute approximate surface area is 197 Å². The van der Waals surface area contributed by atoms with E-state index in [0.717, 1.165) is 22.8 Å². The Bertz CT molecular complexity index is 1140. The highest BCUT2D eigenvalue weighted by Gasteiger charge is 2.34. The molecular weight excluding hydrogens is 477 g/mol. The Morgan fingerprint density at radius 3 is 2.51 bits per heavy atom. The van der Waals surface area contributed by atoms with Crippen molar-refractivity contribution in [1.82, 2.24) is 24.8 Å². The Morgan fingerprint density at radius 1 is 1.20 bits per heavy atom. The molecule has 8 nitrogen and oxygen atoms in total. The van der Waals surface area contributed by atoms with Crippen LogP contribution in [0.4, 0.5) is 22.0 Å². The molecule has 0 bridgehead atoms. The van der Waals surface area contributed by atoms with Gasteiger partial charge in [-0.3, -0.25) is 9.78 Å². The number of aromatic nitrogens is 4. The van der Waals surface area contributed by atoms with Crippen LogP contribution in [-0.4, -0.2) is 58.3 Å². The monoisotopic (exact) mass is 501 g/mol. The summed E-state index contributed by atoms with van der Waals surface area (Å²) in [6, 6.07) is 1.51. The summed E-state index contributed by atoms with van der Waals surface area (Å²) in [5.74, 6) is -0.807. The number of ether oxygens (including phenoxy) is 2. The standard InChI is InChI=1S/C22H24F5N5O3/c1-4-35-17(11-34-3)19(31-21(33)15-9-28-12(2)8-29-15)20-30-14-6-5-13(22(25,26)27)7-16(14)32(20)10-18(23)24/h5-9,17-19H,4,10-11H2,1-3H3,(H,31,33). The van der Waals surface area contributed by atoms with Crippen LogP contribution < -0.4 is 5.32 Å². The van der Waals surface area contributed by atoms with Crippen LogP contribution in [0.5, 0.6) is 0 Å². The molecule has 190 valence electrons. The van der Waals surface area contributed by atoms with Crippen LogP contribution in [0.25, 0.3) is 11.0 Å². The average Bonchev–Trinajstić information content (AvgIpc) is 3.14. The van der Waals surface area contributed by atoms with Crippen LogP contribution >= 0.6 is 0 Å². The second-order valence-corrected chi connectivity index (χ2v) is 7.62. The zero-order valence-electron chi connectivity index (χ0n) is 19.1. The predicted molar refractivity (Wildman–Crippen MR) is 115 cm³/mol. The fraction of sp³-hybridized carbons (Fsp3) is 0.455. The fourth-order valence-corrected chi connectivity index (χ4v) is 3.55.